The standard InChI is InChI=1S/C13H27S/c1-3-5-6-7-8-9-10-11-12-13-14-4-2/h1,3-13H2,2H3. The Morgan fingerprint density at radius 3 is 1.79 bits per heavy atom. The molecule has 0 aromatic heterocycles. The van der Waals surface area contributed by atoms with Gasteiger partial charge in [0.1, 0.15) is 0 Å². The second-order valence-electron chi connectivity index (χ2n) is 3.88. The van der Waals surface area contributed by atoms with Crippen LogP contribution < -0.4 is 0 Å². The minimum atomic E-state index is 1.12. The van der Waals surface area contributed by atoms with Crippen molar-refractivity contribution in [2.24, 2.45) is 0 Å². The number of hydrogen-bond donors (Lipinski definition) is 0. The first-order valence-corrected chi connectivity index (χ1v) is 7.44. The summed E-state index contributed by atoms with van der Waals surface area (Å²) in [6.45, 7) is 6.10. The maximum Gasteiger partial charge on any atom is -0.00676 e. The van der Waals surface area contributed by atoms with Crippen molar-refractivity contribution in [3.63, 3.8) is 0 Å². The van der Waals surface area contributed by atoms with Crippen LogP contribution in [0.4, 0.5) is 0 Å². The smallest absolute Gasteiger partial charge is 0.00676 e. The quantitative estimate of drug-likeness (QED) is 0.433. The van der Waals surface area contributed by atoms with Gasteiger partial charge in [-0.05, 0) is 17.9 Å². The van der Waals surface area contributed by atoms with Gasteiger partial charge in [0.2, 0.25) is 0 Å². The summed E-state index contributed by atoms with van der Waals surface area (Å²) in [6, 6.07) is 0. The molecule has 0 saturated carbocycles. The summed E-state index contributed by atoms with van der Waals surface area (Å²) < 4.78 is 0. The Kier molecular flexibility index (Phi) is 13.7. The van der Waals surface area contributed by atoms with Crippen LogP contribution in [-0.4, -0.2) is 11.5 Å². The van der Waals surface area contributed by atoms with Crippen LogP contribution in [0.5, 0.6) is 0 Å². The molecule has 0 aromatic carbocycles. The van der Waals surface area contributed by atoms with Crippen molar-refractivity contribution in [3.05, 3.63) is 6.92 Å². The van der Waals surface area contributed by atoms with Crippen LogP contribution in [0.25, 0.3) is 0 Å². The molecule has 0 unspecified atom stereocenters. The Hall–Kier alpha value is 0.350. The lowest BCUT2D eigenvalue weighted by Crippen LogP contribution is -1.83. The molecule has 0 N–H and O–H groups in total. The van der Waals surface area contributed by atoms with Gasteiger partial charge in [-0.2, -0.15) is 11.8 Å². The molecule has 0 atom stereocenters. The zero-order valence-corrected chi connectivity index (χ0v) is 10.7. The summed E-state index contributed by atoms with van der Waals surface area (Å²) in [7, 11) is 0. The second kappa shape index (κ2) is 13.4. The van der Waals surface area contributed by atoms with Crippen LogP contribution in [0.1, 0.15) is 64.7 Å². The largest absolute Gasteiger partial charge is 0.162 e. The Morgan fingerprint density at radius 1 is 0.786 bits per heavy atom. The molecule has 14 heavy (non-hydrogen) atoms. The number of rotatable bonds is 11. The van der Waals surface area contributed by atoms with Gasteiger partial charge in [-0.15, -0.1) is 0 Å². The topological polar surface area (TPSA) is 0 Å². The lowest BCUT2D eigenvalue weighted by Gasteiger charge is -2.01. The molecule has 1 heteroatoms. The molecule has 0 fully saturated rings. The van der Waals surface area contributed by atoms with Crippen molar-refractivity contribution < 1.29 is 0 Å². The van der Waals surface area contributed by atoms with Crippen LogP contribution >= 0.6 is 11.8 Å². The first kappa shape index (κ1) is 14.3. The van der Waals surface area contributed by atoms with Crippen LogP contribution in [0, 0.1) is 6.92 Å². The fourth-order valence-electron chi connectivity index (χ4n) is 1.59. The third-order valence-corrected chi connectivity index (χ3v) is 3.48. The molecule has 0 aliphatic rings. The fraction of sp³-hybridized carbons (Fsp3) is 0.923. The van der Waals surface area contributed by atoms with Crippen molar-refractivity contribution in [1.29, 1.82) is 0 Å². The Balaban J connectivity index is 2.78. The van der Waals surface area contributed by atoms with Crippen LogP contribution in [0.15, 0.2) is 0 Å². The van der Waals surface area contributed by atoms with E-state index in [-0.39, 0.29) is 0 Å². The van der Waals surface area contributed by atoms with Gasteiger partial charge in [-0.1, -0.05) is 65.2 Å². The van der Waals surface area contributed by atoms with E-state index in [0.717, 1.165) is 6.42 Å². The van der Waals surface area contributed by atoms with Crippen molar-refractivity contribution in [2.45, 2.75) is 64.7 Å². The predicted octanol–water partition coefficient (Wildman–Crippen LogP) is 5.08. The Morgan fingerprint density at radius 2 is 1.29 bits per heavy atom. The highest BCUT2D eigenvalue weighted by Crippen LogP contribution is 2.11. The number of unbranched alkanes of at least 4 members (excludes halogenated alkanes) is 8. The maximum atomic E-state index is 3.86. The highest BCUT2D eigenvalue weighted by Gasteiger charge is 1.91. The molecule has 0 heterocycles. The van der Waals surface area contributed by atoms with E-state index in [1.54, 1.807) is 0 Å². The zero-order chi connectivity index (χ0) is 10.5. The van der Waals surface area contributed by atoms with E-state index in [4.69, 9.17) is 0 Å². The number of hydrogen-bond acceptors (Lipinski definition) is 1. The highest BCUT2D eigenvalue weighted by atomic mass is 32.2. The third kappa shape index (κ3) is 12.3. The molecule has 0 aromatic rings. The lowest BCUT2D eigenvalue weighted by molar-refractivity contribution is 0.578. The van der Waals surface area contributed by atoms with Gasteiger partial charge in [0, 0.05) is 0 Å². The zero-order valence-electron chi connectivity index (χ0n) is 9.89. The van der Waals surface area contributed by atoms with E-state index in [2.05, 4.69) is 25.6 Å². The van der Waals surface area contributed by atoms with Crippen molar-refractivity contribution in [3.8, 4) is 0 Å². The van der Waals surface area contributed by atoms with Crippen LogP contribution in [0.3, 0.4) is 0 Å². The Bertz CT molecular complexity index is 79.2. The van der Waals surface area contributed by atoms with E-state index < -0.39 is 0 Å². The molecular weight excluding hydrogens is 188 g/mol. The molecule has 0 aliphatic heterocycles. The molecule has 1 radical (unpaired) electrons. The average molecular weight is 215 g/mol. The number of thioether (sulfide) groups is 1. The molecule has 85 valence electrons. The summed E-state index contributed by atoms with van der Waals surface area (Å²) in [5.41, 5.74) is 0. The van der Waals surface area contributed by atoms with Gasteiger partial charge in [0.15, 0.2) is 0 Å². The van der Waals surface area contributed by atoms with Crippen LogP contribution in [-0.2, 0) is 0 Å². The molecule has 0 spiro atoms. The van der Waals surface area contributed by atoms with Crippen LogP contribution in [0.2, 0.25) is 0 Å². The molecule has 0 nitrogen and oxygen atoms in total. The fourth-order valence-corrected chi connectivity index (χ4v) is 2.28. The average Bonchev–Trinajstić information content (AvgIpc) is 2.21. The van der Waals surface area contributed by atoms with E-state index in [9.17, 15) is 0 Å². The van der Waals surface area contributed by atoms with E-state index >= 15 is 0 Å². The van der Waals surface area contributed by atoms with Crippen molar-refractivity contribution in [2.75, 3.05) is 11.5 Å². The molecule has 0 saturated heterocycles. The highest BCUT2D eigenvalue weighted by molar-refractivity contribution is 7.99. The maximum absolute atomic E-state index is 3.86. The predicted molar refractivity (Wildman–Crippen MR) is 69.9 cm³/mol. The third-order valence-electron chi connectivity index (χ3n) is 2.49. The van der Waals surface area contributed by atoms with Gasteiger partial charge in [0.25, 0.3) is 0 Å². The molecule has 0 rings (SSSR count). The van der Waals surface area contributed by atoms with E-state index in [1.807, 2.05) is 0 Å². The summed E-state index contributed by atoms with van der Waals surface area (Å²) in [5.74, 6) is 2.66. The van der Waals surface area contributed by atoms with Crippen molar-refractivity contribution in [1.82, 2.24) is 0 Å². The first-order chi connectivity index (χ1) is 6.91. The second-order valence-corrected chi connectivity index (χ2v) is 5.27. The summed E-state index contributed by atoms with van der Waals surface area (Å²) in [4.78, 5) is 0. The van der Waals surface area contributed by atoms with E-state index in [0.29, 0.717) is 0 Å². The molecule has 0 aliphatic carbocycles. The monoisotopic (exact) mass is 215 g/mol. The minimum Gasteiger partial charge on any atom is -0.162 e. The normalized spacial score (nSPS) is 10.7. The van der Waals surface area contributed by atoms with Gasteiger partial charge < -0.3 is 0 Å². The van der Waals surface area contributed by atoms with E-state index in [1.165, 1.54) is 62.9 Å². The van der Waals surface area contributed by atoms with Gasteiger partial charge in [-0.3, -0.25) is 0 Å². The molecule has 0 amide bonds. The summed E-state index contributed by atoms with van der Waals surface area (Å²) in [5, 5.41) is 0. The summed E-state index contributed by atoms with van der Waals surface area (Å²) in [6.07, 6.45) is 12.5. The van der Waals surface area contributed by atoms with Gasteiger partial charge in [-0.25, -0.2) is 0 Å². The molecular formula is C13H27S. The molecule has 0 bridgehead atoms. The van der Waals surface area contributed by atoms with Gasteiger partial charge in [0.05, 0.1) is 0 Å². The SMILES string of the molecule is [CH2]CCCCCCCCCCSCC. The van der Waals surface area contributed by atoms with Crippen molar-refractivity contribution >= 4 is 11.8 Å². The summed E-state index contributed by atoms with van der Waals surface area (Å²) >= 11 is 2.08. The first-order valence-electron chi connectivity index (χ1n) is 6.28. The Labute approximate surface area is 95.2 Å². The van der Waals surface area contributed by atoms with Gasteiger partial charge >= 0.3 is 0 Å². The lowest BCUT2D eigenvalue weighted by atomic mass is 10.1. The minimum absolute atomic E-state index is 1.12.